The number of carbonyl (C=O) groups is 2. The first-order valence-electron chi connectivity index (χ1n) is 11.8. The molecule has 0 aliphatic heterocycles. The van der Waals surface area contributed by atoms with Crippen LogP contribution in [-0.2, 0) is 26.2 Å². The fraction of sp³-hybridized carbons (Fsp3) is 0.462. The molecule has 7 nitrogen and oxygen atoms in total. The Labute approximate surface area is 218 Å². The summed E-state index contributed by atoms with van der Waals surface area (Å²) >= 11 is 3.43. The Hall–Kier alpha value is -2.39. The second kappa shape index (κ2) is 12.5. The standard InChI is InChI=1S/C26H36BrN3O4S/c1-7-20(5)28-26(32)24(8-2)29(16-21-11-9-10-18(3)14-21)25(31)17-30(35(6,33)34)22-12-13-23(27)19(4)15-22/h9-15,20,24H,7-8,16-17H2,1-6H3,(H,28,32)/t20-,24-/m0/s1. The summed E-state index contributed by atoms with van der Waals surface area (Å²) in [4.78, 5) is 28.3. The number of hydrogen-bond donors (Lipinski definition) is 1. The number of halogens is 1. The minimum atomic E-state index is -3.76. The zero-order valence-electron chi connectivity index (χ0n) is 21.3. The predicted octanol–water partition coefficient (Wildman–Crippen LogP) is 4.55. The number of anilines is 1. The molecule has 0 heterocycles. The Morgan fingerprint density at radius 1 is 1.06 bits per heavy atom. The fourth-order valence-electron chi connectivity index (χ4n) is 3.77. The lowest BCUT2D eigenvalue weighted by Crippen LogP contribution is -2.53. The van der Waals surface area contributed by atoms with Crippen LogP contribution in [0.25, 0.3) is 0 Å². The molecular weight excluding hydrogens is 530 g/mol. The minimum absolute atomic E-state index is 0.0364. The lowest BCUT2D eigenvalue weighted by atomic mass is 10.1. The molecule has 0 fully saturated rings. The molecule has 0 aliphatic rings. The van der Waals surface area contributed by atoms with Crippen LogP contribution in [0.1, 0.15) is 50.3 Å². The molecule has 2 atom stereocenters. The number of amides is 2. The lowest BCUT2D eigenvalue weighted by Gasteiger charge is -2.33. The highest BCUT2D eigenvalue weighted by Crippen LogP contribution is 2.25. The van der Waals surface area contributed by atoms with Gasteiger partial charge in [0.1, 0.15) is 12.6 Å². The third-order valence-corrected chi connectivity index (χ3v) is 7.96. The van der Waals surface area contributed by atoms with Crippen molar-refractivity contribution in [3.8, 4) is 0 Å². The number of aryl methyl sites for hydroxylation is 2. The summed E-state index contributed by atoms with van der Waals surface area (Å²) < 4.78 is 27.4. The molecule has 0 aromatic heterocycles. The van der Waals surface area contributed by atoms with Gasteiger partial charge >= 0.3 is 0 Å². The molecule has 0 radical (unpaired) electrons. The van der Waals surface area contributed by atoms with Crippen LogP contribution in [0.2, 0.25) is 0 Å². The largest absolute Gasteiger partial charge is 0.352 e. The Morgan fingerprint density at radius 2 is 1.74 bits per heavy atom. The van der Waals surface area contributed by atoms with Gasteiger partial charge in [-0.3, -0.25) is 13.9 Å². The van der Waals surface area contributed by atoms with Gasteiger partial charge in [0.25, 0.3) is 0 Å². The molecule has 1 N–H and O–H groups in total. The van der Waals surface area contributed by atoms with Crippen molar-refractivity contribution in [2.24, 2.45) is 0 Å². The number of nitrogens with zero attached hydrogens (tertiary/aromatic N) is 2. The first-order chi connectivity index (χ1) is 16.4. The smallest absolute Gasteiger partial charge is 0.244 e. The van der Waals surface area contributed by atoms with E-state index in [1.807, 2.05) is 58.9 Å². The summed E-state index contributed by atoms with van der Waals surface area (Å²) in [5.41, 5.74) is 3.15. The quantitative estimate of drug-likeness (QED) is 0.433. The van der Waals surface area contributed by atoms with Gasteiger partial charge in [0.2, 0.25) is 21.8 Å². The van der Waals surface area contributed by atoms with Crippen molar-refractivity contribution >= 4 is 43.5 Å². The summed E-state index contributed by atoms with van der Waals surface area (Å²) in [5.74, 6) is -0.683. The SMILES string of the molecule is CC[C@H](C)NC(=O)[C@H](CC)N(Cc1cccc(C)c1)C(=O)CN(c1ccc(Br)c(C)c1)S(C)(=O)=O. The third-order valence-electron chi connectivity index (χ3n) is 5.93. The van der Waals surface area contributed by atoms with Crippen LogP contribution in [0.5, 0.6) is 0 Å². The maximum Gasteiger partial charge on any atom is 0.244 e. The lowest BCUT2D eigenvalue weighted by molar-refractivity contribution is -0.140. The van der Waals surface area contributed by atoms with Crippen LogP contribution in [0.4, 0.5) is 5.69 Å². The molecule has 0 unspecified atom stereocenters. The van der Waals surface area contributed by atoms with Gasteiger partial charge in [0.15, 0.2) is 0 Å². The van der Waals surface area contributed by atoms with E-state index in [1.54, 1.807) is 18.2 Å². The van der Waals surface area contributed by atoms with Crippen LogP contribution >= 0.6 is 15.9 Å². The van der Waals surface area contributed by atoms with E-state index in [4.69, 9.17) is 0 Å². The second-order valence-corrected chi connectivity index (χ2v) is 11.7. The normalized spacial score (nSPS) is 13.1. The fourth-order valence-corrected chi connectivity index (χ4v) is 4.85. The van der Waals surface area contributed by atoms with Crippen LogP contribution in [0.15, 0.2) is 46.9 Å². The van der Waals surface area contributed by atoms with Crippen LogP contribution in [0, 0.1) is 13.8 Å². The topological polar surface area (TPSA) is 86.8 Å². The summed E-state index contributed by atoms with van der Waals surface area (Å²) in [6.45, 7) is 9.35. The zero-order chi connectivity index (χ0) is 26.3. The molecule has 0 saturated carbocycles. The number of nitrogens with one attached hydrogen (secondary N) is 1. The van der Waals surface area contributed by atoms with Gasteiger partial charge in [-0.05, 0) is 62.9 Å². The number of rotatable bonds is 11. The van der Waals surface area contributed by atoms with E-state index < -0.39 is 28.5 Å². The van der Waals surface area contributed by atoms with E-state index in [2.05, 4.69) is 21.2 Å². The average molecular weight is 567 g/mol. The van der Waals surface area contributed by atoms with E-state index >= 15 is 0 Å². The minimum Gasteiger partial charge on any atom is -0.352 e. The van der Waals surface area contributed by atoms with Gasteiger partial charge in [-0.15, -0.1) is 0 Å². The molecule has 2 rings (SSSR count). The van der Waals surface area contributed by atoms with E-state index in [1.165, 1.54) is 4.90 Å². The Balaban J connectivity index is 2.46. The number of hydrogen-bond acceptors (Lipinski definition) is 4. The molecule has 2 amide bonds. The monoisotopic (exact) mass is 565 g/mol. The average Bonchev–Trinajstić information content (AvgIpc) is 2.78. The molecule has 0 bridgehead atoms. The van der Waals surface area contributed by atoms with Crippen LogP contribution < -0.4 is 9.62 Å². The Morgan fingerprint density at radius 3 is 2.29 bits per heavy atom. The highest BCUT2D eigenvalue weighted by Gasteiger charge is 2.32. The van der Waals surface area contributed by atoms with Gasteiger partial charge in [-0.2, -0.15) is 0 Å². The third kappa shape index (κ3) is 8.07. The maximum atomic E-state index is 13.7. The van der Waals surface area contributed by atoms with E-state index in [0.717, 1.165) is 38.1 Å². The molecule has 0 spiro atoms. The number of sulfonamides is 1. The highest BCUT2D eigenvalue weighted by molar-refractivity contribution is 9.10. The summed E-state index contributed by atoms with van der Waals surface area (Å²) in [6.07, 6.45) is 2.24. The van der Waals surface area contributed by atoms with Gasteiger partial charge in [-0.25, -0.2) is 8.42 Å². The van der Waals surface area contributed by atoms with Crippen molar-refractivity contribution in [2.75, 3.05) is 17.1 Å². The molecule has 0 aliphatic carbocycles. The van der Waals surface area contributed by atoms with Crippen molar-refractivity contribution in [1.82, 2.24) is 10.2 Å². The van der Waals surface area contributed by atoms with Crippen molar-refractivity contribution in [2.45, 2.75) is 66.1 Å². The number of benzene rings is 2. The zero-order valence-corrected chi connectivity index (χ0v) is 23.7. The first kappa shape index (κ1) is 28.8. The first-order valence-corrected chi connectivity index (χ1v) is 14.4. The molecule has 0 saturated heterocycles. The molecule has 35 heavy (non-hydrogen) atoms. The molecular formula is C26H36BrN3O4S. The molecule has 2 aromatic carbocycles. The van der Waals surface area contributed by atoms with E-state index in [9.17, 15) is 18.0 Å². The van der Waals surface area contributed by atoms with Gasteiger partial charge in [0, 0.05) is 17.1 Å². The summed E-state index contributed by atoms with van der Waals surface area (Å²) in [6, 6.07) is 12.1. The van der Waals surface area contributed by atoms with Crippen LogP contribution in [-0.4, -0.2) is 50.0 Å². The molecule has 9 heteroatoms. The predicted molar refractivity (Wildman–Crippen MR) is 145 cm³/mol. The Bertz CT molecular complexity index is 1150. The van der Waals surface area contributed by atoms with Crippen molar-refractivity contribution in [3.63, 3.8) is 0 Å². The number of carbonyl (C=O) groups excluding carboxylic acids is 2. The van der Waals surface area contributed by atoms with E-state index in [-0.39, 0.29) is 18.5 Å². The van der Waals surface area contributed by atoms with Crippen molar-refractivity contribution in [3.05, 3.63) is 63.6 Å². The second-order valence-electron chi connectivity index (χ2n) is 8.96. The summed E-state index contributed by atoms with van der Waals surface area (Å²) in [7, 11) is -3.76. The molecule has 2 aromatic rings. The molecule has 192 valence electrons. The van der Waals surface area contributed by atoms with Crippen molar-refractivity contribution in [1.29, 1.82) is 0 Å². The van der Waals surface area contributed by atoms with Crippen LogP contribution in [0.3, 0.4) is 0 Å². The highest BCUT2D eigenvalue weighted by atomic mass is 79.9. The summed E-state index contributed by atoms with van der Waals surface area (Å²) in [5, 5.41) is 2.97. The van der Waals surface area contributed by atoms with Gasteiger partial charge < -0.3 is 10.2 Å². The van der Waals surface area contributed by atoms with Gasteiger partial charge in [-0.1, -0.05) is 59.6 Å². The van der Waals surface area contributed by atoms with Gasteiger partial charge in [0.05, 0.1) is 11.9 Å². The van der Waals surface area contributed by atoms with E-state index in [0.29, 0.717) is 12.1 Å². The van der Waals surface area contributed by atoms with Crippen molar-refractivity contribution < 1.29 is 18.0 Å². The Kier molecular flexibility index (Phi) is 10.3. The maximum absolute atomic E-state index is 13.7.